The summed E-state index contributed by atoms with van der Waals surface area (Å²) in [5.41, 5.74) is 1.12. The first-order chi connectivity index (χ1) is 12.0. The third-order valence-corrected chi connectivity index (χ3v) is 3.96. The Morgan fingerprint density at radius 3 is 2.16 bits per heavy atom. The van der Waals surface area contributed by atoms with E-state index >= 15 is 0 Å². The van der Waals surface area contributed by atoms with Crippen LogP contribution >= 0.6 is 11.6 Å². The normalized spacial score (nSPS) is 10.4. The zero-order valence-electron chi connectivity index (χ0n) is 14.3. The number of halogens is 1. The molecule has 2 aromatic rings. The quantitative estimate of drug-likeness (QED) is 0.735. The highest BCUT2D eigenvalue weighted by Crippen LogP contribution is 2.17. The van der Waals surface area contributed by atoms with E-state index in [4.69, 9.17) is 16.3 Å². The highest BCUT2D eigenvalue weighted by Gasteiger charge is 2.11. The molecule has 0 atom stereocenters. The summed E-state index contributed by atoms with van der Waals surface area (Å²) in [6.45, 7) is 1.31. The van der Waals surface area contributed by atoms with Crippen molar-refractivity contribution in [2.45, 2.75) is 0 Å². The molecule has 25 heavy (non-hydrogen) atoms. The Kier molecular flexibility index (Phi) is 6.98. The Labute approximate surface area is 152 Å². The van der Waals surface area contributed by atoms with Crippen molar-refractivity contribution in [1.82, 2.24) is 10.2 Å². The fraction of sp³-hybridized carbons (Fsp3) is 0.263. The van der Waals surface area contributed by atoms with Crippen molar-refractivity contribution in [2.75, 3.05) is 33.8 Å². The van der Waals surface area contributed by atoms with Gasteiger partial charge in [-0.05, 0) is 55.6 Å². The van der Waals surface area contributed by atoms with Crippen LogP contribution < -0.4 is 10.1 Å². The molecule has 6 heteroatoms. The van der Waals surface area contributed by atoms with Crippen LogP contribution in [0.25, 0.3) is 0 Å². The van der Waals surface area contributed by atoms with Crippen LogP contribution in [-0.4, -0.2) is 50.4 Å². The number of carbonyl (C=O) groups is 2. The van der Waals surface area contributed by atoms with Gasteiger partial charge in [-0.15, -0.1) is 0 Å². The Hall–Kier alpha value is -2.37. The molecule has 0 fully saturated rings. The van der Waals surface area contributed by atoms with Gasteiger partial charge < -0.3 is 15.0 Å². The van der Waals surface area contributed by atoms with Gasteiger partial charge in [0.15, 0.2) is 12.4 Å². The van der Waals surface area contributed by atoms with Crippen LogP contribution in [-0.2, 0) is 4.79 Å². The minimum Gasteiger partial charge on any atom is -0.484 e. The number of hydrogen-bond acceptors (Lipinski definition) is 4. The van der Waals surface area contributed by atoms with Gasteiger partial charge >= 0.3 is 0 Å². The van der Waals surface area contributed by atoms with E-state index in [0.717, 1.165) is 6.54 Å². The number of nitrogens with one attached hydrogen (secondary N) is 1. The first-order valence-electron chi connectivity index (χ1n) is 7.93. The van der Waals surface area contributed by atoms with Crippen molar-refractivity contribution in [3.63, 3.8) is 0 Å². The predicted octanol–water partition coefficient (Wildman–Crippen LogP) is 2.63. The van der Waals surface area contributed by atoms with Crippen LogP contribution in [0.3, 0.4) is 0 Å². The number of benzene rings is 2. The second-order valence-corrected chi connectivity index (χ2v) is 6.00. The second-order valence-electron chi connectivity index (χ2n) is 5.57. The molecule has 0 heterocycles. The Bertz CT molecular complexity index is 714. The van der Waals surface area contributed by atoms with E-state index in [1.54, 1.807) is 60.5 Å². The number of carbonyl (C=O) groups excluding carboxylic acids is 2. The van der Waals surface area contributed by atoms with Crippen molar-refractivity contribution < 1.29 is 14.3 Å². The Morgan fingerprint density at radius 1 is 1.04 bits per heavy atom. The summed E-state index contributed by atoms with van der Waals surface area (Å²) in [6.07, 6.45) is 0. The van der Waals surface area contributed by atoms with E-state index in [1.165, 1.54) is 0 Å². The van der Waals surface area contributed by atoms with Gasteiger partial charge in [-0.25, -0.2) is 0 Å². The number of likely N-dealkylation sites (N-methyl/N-ethyl adjacent to an activating group) is 2. The van der Waals surface area contributed by atoms with Crippen molar-refractivity contribution in [3.05, 3.63) is 64.7 Å². The number of ether oxygens (including phenoxy) is 1. The van der Waals surface area contributed by atoms with Gasteiger partial charge in [0.1, 0.15) is 5.75 Å². The Morgan fingerprint density at radius 2 is 1.60 bits per heavy atom. The summed E-state index contributed by atoms with van der Waals surface area (Å²) >= 11 is 5.83. The minimum absolute atomic E-state index is 0.0370. The van der Waals surface area contributed by atoms with E-state index in [-0.39, 0.29) is 18.3 Å². The summed E-state index contributed by atoms with van der Waals surface area (Å²) < 4.78 is 5.48. The minimum atomic E-state index is -0.100. The van der Waals surface area contributed by atoms with E-state index in [0.29, 0.717) is 28.4 Å². The molecule has 0 aliphatic carbocycles. The van der Waals surface area contributed by atoms with Crippen LogP contribution in [0, 0.1) is 0 Å². The number of ketones is 1. The highest BCUT2D eigenvalue weighted by molar-refractivity contribution is 6.30. The lowest BCUT2D eigenvalue weighted by Gasteiger charge is -2.17. The van der Waals surface area contributed by atoms with Crippen LogP contribution in [0.2, 0.25) is 5.02 Å². The molecule has 132 valence electrons. The fourth-order valence-electron chi connectivity index (χ4n) is 2.13. The lowest BCUT2D eigenvalue weighted by molar-refractivity contribution is -0.131. The molecule has 0 aliphatic rings. The van der Waals surface area contributed by atoms with E-state index in [9.17, 15) is 9.59 Å². The molecule has 2 rings (SSSR count). The second kappa shape index (κ2) is 9.20. The smallest absolute Gasteiger partial charge is 0.260 e. The molecule has 0 radical (unpaired) electrons. The first kappa shape index (κ1) is 19.0. The molecule has 0 aliphatic heterocycles. The van der Waals surface area contributed by atoms with Gasteiger partial charge in [0.2, 0.25) is 0 Å². The van der Waals surface area contributed by atoms with Gasteiger partial charge in [0.05, 0.1) is 0 Å². The first-order valence-corrected chi connectivity index (χ1v) is 8.30. The van der Waals surface area contributed by atoms with E-state index < -0.39 is 0 Å². The number of hydrogen-bond donors (Lipinski definition) is 1. The van der Waals surface area contributed by atoms with Gasteiger partial charge in [-0.2, -0.15) is 0 Å². The number of nitrogens with zero attached hydrogens (tertiary/aromatic N) is 1. The van der Waals surface area contributed by atoms with E-state index in [1.807, 2.05) is 7.05 Å². The topological polar surface area (TPSA) is 58.6 Å². The maximum absolute atomic E-state index is 12.4. The van der Waals surface area contributed by atoms with Crippen molar-refractivity contribution in [2.24, 2.45) is 0 Å². The molecule has 5 nitrogen and oxygen atoms in total. The van der Waals surface area contributed by atoms with Gasteiger partial charge in [0.25, 0.3) is 5.91 Å². The number of rotatable bonds is 8. The summed E-state index contributed by atoms with van der Waals surface area (Å²) in [6, 6.07) is 13.5. The average Bonchev–Trinajstić information content (AvgIpc) is 2.64. The van der Waals surface area contributed by atoms with Crippen LogP contribution in [0.4, 0.5) is 0 Å². The van der Waals surface area contributed by atoms with Gasteiger partial charge in [0, 0.05) is 36.3 Å². The third kappa shape index (κ3) is 5.59. The molecule has 0 aromatic heterocycles. The zero-order chi connectivity index (χ0) is 18.2. The summed E-state index contributed by atoms with van der Waals surface area (Å²) in [7, 11) is 3.57. The maximum Gasteiger partial charge on any atom is 0.260 e. The average molecular weight is 361 g/mol. The highest BCUT2D eigenvalue weighted by atomic mass is 35.5. The molecule has 0 unspecified atom stereocenters. The number of amides is 1. The molecule has 1 N–H and O–H groups in total. The molecule has 0 bridgehead atoms. The molecule has 1 amide bonds. The lowest BCUT2D eigenvalue weighted by Crippen LogP contribution is -2.35. The standard InChI is InChI=1S/C19H21ClN2O3/c1-21-11-12-22(2)18(23)13-25-17-9-5-15(6-10-17)19(24)14-3-7-16(20)8-4-14/h3-10,21H,11-13H2,1-2H3. The monoisotopic (exact) mass is 360 g/mol. The van der Waals surface area contributed by atoms with E-state index in [2.05, 4.69) is 5.32 Å². The van der Waals surface area contributed by atoms with Crippen molar-refractivity contribution >= 4 is 23.3 Å². The van der Waals surface area contributed by atoms with Crippen molar-refractivity contribution in [1.29, 1.82) is 0 Å². The summed E-state index contributed by atoms with van der Waals surface area (Å²) in [5, 5.41) is 3.57. The SMILES string of the molecule is CNCCN(C)C(=O)COc1ccc(C(=O)c2ccc(Cl)cc2)cc1. The molecule has 0 saturated carbocycles. The molecule has 2 aromatic carbocycles. The van der Waals surface area contributed by atoms with Crippen LogP contribution in [0.15, 0.2) is 48.5 Å². The zero-order valence-corrected chi connectivity index (χ0v) is 15.0. The van der Waals surface area contributed by atoms with Crippen LogP contribution in [0.5, 0.6) is 5.75 Å². The van der Waals surface area contributed by atoms with Crippen molar-refractivity contribution in [3.8, 4) is 5.75 Å². The van der Waals surface area contributed by atoms with Gasteiger partial charge in [-0.3, -0.25) is 9.59 Å². The molecule has 0 saturated heterocycles. The maximum atomic E-state index is 12.4. The van der Waals surface area contributed by atoms with Crippen LogP contribution in [0.1, 0.15) is 15.9 Å². The molecular formula is C19H21ClN2O3. The summed E-state index contributed by atoms with van der Waals surface area (Å²) in [4.78, 5) is 25.9. The predicted molar refractivity (Wildman–Crippen MR) is 98.4 cm³/mol. The molecule has 0 spiro atoms. The molecular weight excluding hydrogens is 340 g/mol. The third-order valence-electron chi connectivity index (χ3n) is 3.71. The lowest BCUT2D eigenvalue weighted by atomic mass is 10.0. The van der Waals surface area contributed by atoms with Gasteiger partial charge in [-0.1, -0.05) is 11.6 Å². The Balaban J connectivity index is 1.92. The largest absolute Gasteiger partial charge is 0.484 e. The fourth-order valence-corrected chi connectivity index (χ4v) is 2.26. The summed E-state index contributed by atoms with van der Waals surface area (Å²) in [5.74, 6) is 0.352.